The first-order valence-corrected chi connectivity index (χ1v) is 9.70. The number of carbonyl (C=O) groups is 2. The van der Waals surface area contributed by atoms with E-state index < -0.39 is 0 Å². The molecule has 2 aliphatic rings. The van der Waals surface area contributed by atoms with Gasteiger partial charge in [0.05, 0.1) is 11.1 Å². The number of imide groups is 1. The average Bonchev–Trinajstić information content (AvgIpc) is 2.96. The number of hydrogen-bond donors (Lipinski definition) is 0. The molecule has 1 heterocycles. The molecule has 0 fully saturated rings. The summed E-state index contributed by atoms with van der Waals surface area (Å²) in [7, 11) is 0. The van der Waals surface area contributed by atoms with E-state index >= 15 is 0 Å². The molecule has 3 aromatic rings. The first-order chi connectivity index (χ1) is 13.2. The molecule has 1 unspecified atom stereocenters. The molecule has 2 amide bonds. The summed E-state index contributed by atoms with van der Waals surface area (Å²) >= 11 is 0. The van der Waals surface area contributed by atoms with Gasteiger partial charge in [0.25, 0.3) is 11.8 Å². The smallest absolute Gasteiger partial charge is 0.261 e. The molecule has 0 bridgehead atoms. The van der Waals surface area contributed by atoms with E-state index in [9.17, 15) is 9.59 Å². The topological polar surface area (TPSA) is 37.4 Å². The molecule has 3 nitrogen and oxygen atoms in total. The summed E-state index contributed by atoms with van der Waals surface area (Å²) in [6.07, 6.45) is 4.22. The first-order valence-electron chi connectivity index (χ1n) is 9.70. The summed E-state index contributed by atoms with van der Waals surface area (Å²) in [5.41, 5.74) is 3.93. The van der Waals surface area contributed by atoms with Gasteiger partial charge in [-0.05, 0) is 65.6 Å². The number of rotatable bonds is 3. The van der Waals surface area contributed by atoms with Crippen molar-refractivity contribution in [1.29, 1.82) is 0 Å². The summed E-state index contributed by atoms with van der Waals surface area (Å²) in [5.74, 6) is 0.109. The molecule has 134 valence electrons. The van der Waals surface area contributed by atoms with Crippen LogP contribution in [0.2, 0.25) is 0 Å². The third-order valence-corrected chi connectivity index (χ3v) is 6.08. The Kier molecular flexibility index (Phi) is 3.82. The highest BCUT2D eigenvalue weighted by Crippen LogP contribution is 2.38. The summed E-state index contributed by atoms with van der Waals surface area (Å²) < 4.78 is 0. The Morgan fingerprint density at radius 2 is 1.56 bits per heavy atom. The van der Waals surface area contributed by atoms with E-state index in [1.54, 1.807) is 12.1 Å². The maximum Gasteiger partial charge on any atom is 0.261 e. The highest BCUT2D eigenvalue weighted by molar-refractivity contribution is 6.21. The fraction of sp³-hybridized carbons (Fsp3) is 0.250. The van der Waals surface area contributed by atoms with Crippen LogP contribution in [0, 0.1) is 0 Å². The lowest BCUT2D eigenvalue weighted by Crippen LogP contribution is -2.32. The predicted octanol–water partition coefficient (Wildman–Crippen LogP) is 4.95. The summed E-state index contributed by atoms with van der Waals surface area (Å²) in [6, 6.07) is 20.1. The van der Waals surface area contributed by atoms with Crippen molar-refractivity contribution in [2.75, 3.05) is 6.54 Å². The zero-order valence-electron chi connectivity index (χ0n) is 15.2. The van der Waals surface area contributed by atoms with Crippen LogP contribution < -0.4 is 0 Å². The van der Waals surface area contributed by atoms with Crippen molar-refractivity contribution in [2.45, 2.75) is 31.6 Å². The Morgan fingerprint density at radius 1 is 0.852 bits per heavy atom. The van der Waals surface area contributed by atoms with E-state index in [0.717, 1.165) is 25.7 Å². The Morgan fingerprint density at radius 3 is 2.33 bits per heavy atom. The quantitative estimate of drug-likeness (QED) is 0.624. The molecule has 0 aromatic heterocycles. The van der Waals surface area contributed by atoms with E-state index in [2.05, 4.69) is 36.4 Å². The third-order valence-electron chi connectivity index (χ3n) is 6.08. The van der Waals surface area contributed by atoms with Crippen LogP contribution in [0.3, 0.4) is 0 Å². The largest absolute Gasteiger partial charge is 0.274 e. The number of benzene rings is 3. The van der Waals surface area contributed by atoms with Crippen molar-refractivity contribution in [1.82, 2.24) is 4.90 Å². The van der Waals surface area contributed by atoms with E-state index in [4.69, 9.17) is 0 Å². The lowest BCUT2D eigenvalue weighted by Gasteiger charge is -2.28. The molecule has 1 aliphatic carbocycles. The average molecular weight is 355 g/mol. The third kappa shape index (κ3) is 2.57. The molecular formula is C24H21NO2. The van der Waals surface area contributed by atoms with Crippen LogP contribution >= 0.6 is 0 Å². The van der Waals surface area contributed by atoms with Crippen molar-refractivity contribution >= 4 is 22.6 Å². The first kappa shape index (κ1) is 16.2. The Labute approximate surface area is 158 Å². The molecule has 0 saturated carbocycles. The number of carbonyl (C=O) groups excluding carboxylic acids is 2. The van der Waals surface area contributed by atoms with Gasteiger partial charge < -0.3 is 0 Å². The van der Waals surface area contributed by atoms with Gasteiger partial charge in [-0.1, -0.05) is 48.5 Å². The van der Waals surface area contributed by atoms with Crippen LogP contribution in [0.4, 0.5) is 0 Å². The maximum absolute atomic E-state index is 12.6. The predicted molar refractivity (Wildman–Crippen MR) is 106 cm³/mol. The molecular weight excluding hydrogens is 334 g/mol. The van der Waals surface area contributed by atoms with Crippen molar-refractivity contribution in [3.05, 3.63) is 82.9 Å². The van der Waals surface area contributed by atoms with Crippen LogP contribution in [-0.2, 0) is 6.42 Å². The number of nitrogens with zero attached hydrogens (tertiary/aromatic N) is 1. The van der Waals surface area contributed by atoms with Gasteiger partial charge in [0.1, 0.15) is 0 Å². The molecule has 0 radical (unpaired) electrons. The minimum Gasteiger partial charge on any atom is -0.274 e. The fourth-order valence-corrected chi connectivity index (χ4v) is 4.72. The summed E-state index contributed by atoms with van der Waals surface area (Å²) in [4.78, 5) is 26.6. The van der Waals surface area contributed by atoms with Crippen LogP contribution in [0.1, 0.15) is 57.0 Å². The number of fused-ring (bicyclic) bond motifs is 4. The Balaban J connectivity index is 1.40. The van der Waals surface area contributed by atoms with E-state index in [0.29, 0.717) is 23.6 Å². The van der Waals surface area contributed by atoms with Crippen molar-refractivity contribution in [2.24, 2.45) is 0 Å². The molecule has 3 heteroatoms. The zero-order valence-corrected chi connectivity index (χ0v) is 15.2. The second-order valence-electron chi connectivity index (χ2n) is 7.54. The van der Waals surface area contributed by atoms with Crippen LogP contribution in [0.15, 0.2) is 60.7 Å². The zero-order chi connectivity index (χ0) is 18.4. The van der Waals surface area contributed by atoms with Gasteiger partial charge in [-0.15, -0.1) is 0 Å². The molecule has 5 rings (SSSR count). The minimum atomic E-state index is -0.148. The Bertz CT molecular complexity index is 1030. The Hall–Kier alpha value is -2.94. The summed E-state index contributed by atoms with van der Waals surface area (Å²) in [5, 5.41) is 2.64. The van der Waals surface area contributed by atoms with Gasteiger partial charge in [-0.25, -0.2) is 0 Å². The maximum atomic E-state index is 12.6. The fourth-order valence-electron chi connectivity index (χ4n) is 4.72. The van der Waals surface area contributed by atoms with Crippen LogP contribution in [0.25, 0.3) is 10.8 Å². The minimum absolute atomic E-state index is 0.148. The van der Waals surface area contributed by atoms with Crippen molar-refractivity contribution in [3.8, 4) is 0 Å². The monoisotopic (exact) mass is 355 g/mol. The van der Waals surface area contributed by atoms with Gasteiger partial charge in [-0.2, -0.15) is 0 Å². The normalized spacial score (nSPS) is 18.7. The number of hydrogen-bond acceptors (Lipinski definition) is 2. The van der Waals surface area contributed by atoms with Gasteiger partial charge in [-0.3, -0.25) is 14.5 Å². The molecule has 3 aromatic carbocycles. The van der Waals surface area contributed by atoms with E-state index in [1.807, 2.05) is 12.1 Å². The second kappa shape index (κ2) is 6.34. The van der Waals surface area contributed by atoms with Crippen molar-refractivity contribution in [3.63, 3.8) is 0 Å². The van der Waals surface area contributed by atoms with Gasteiger partial charge >= 0.3 is 0 Å². The van der Waals surface area contributed by atoms with Gasteiger partial charge in [0.15, 0.2) is 0 Å². The lowest BCUT2D eigenvalue weighted by molar-refractivity contribution is 0.0649. The number of aryl methyl sites for hydroxylation is 1. The molecule has 1 atom stereocenters. The van der Waals surface area contributed by atoms with Gasteiger partial charge in [0.2, 0.25) is 0 Å². The number of amides is 2. The van der Waals surface area contributed by atoms with Crippen LogP contribution in [0.5, 0.6) is 0 Å². The molecule has 0 saturated heterocycles. The standard InChI is InChI=1S/C24H21NO2/c26-23-21-9-3-4-10-22(21)24(27)25(23)15-14-17-7-5-11-20-18-8-2-1-6-16(18)12-13-19(17)20/h1-4,6,8-10,12-13,17H,5,7,11,14-15H2. The molecule has 0 N–H and O–H groups in total. The highest BCUT2D eigenvalue weighted by Gasteiger charge is 2.35. The van der Waals surface area contributed by atoms with Crippen molar-refractivity contribution < 1.29 is 9.59 Å². The van der Waals surface area contributed by atoms with Gasteiger partial charge in [0, 0.05) is 6.54 Å². The van der Waals surface area contributed by atoms with Crippen LogP contribution in [-0.4, -0.2) is 23.3 Å². The SMILES string of the molecule is O=C1c2ccccc2C(=O)N1CCC1CCCc2c1ccc1ccccc21. The second-order valence-corrected chi connectivity index (χ2v) is 7.54. The molecule has 27 heavy (non-hydrogen) atoms. The summed E-state index contributed by atoms with van der Waals surface area (Å²) in [6.45, 7) is 0.489. The highest BCUT2D eigenvalue weighted by atomic mass is 16.2. The lowest BCUT2D eigenvalue weighted by atomic mass is 9.79. The molecule has 0 spiro atoms. The van der Waals surface area contributed by atoms with E-state index in [-0.39, 0.29) is 11.8 Å². The van der Waals surface area contributed by atoms with E-state index in [1.165, 1.54) is 26.8 Å². The molecule has 1 aliphatic heterocycles.